The fourth-order valence-electron chi connectivity index (χ4n) is 4.25. The summed E-state index contributed by atoms with van der Waals surface area (Å²) >= 11 is 0. The molecule has 1 saturated heterocycles. The van der Waals surface area contributed by atoms with Gasteiger partial charge in [0.1, 0.15) is 17.7 Å². The van der Waals surface area contributed by atoms with Crippen molar-refractivity contribution >= 4 is 22.4 Å². The van der Waals surface area contributed by atoms with Crippen molar-refractivity contribution in [2.45, 2.75) is 38.0 Å². The summed E-state index contributed by atoms with van der Waals surface area (Å²) in [5, 5.41) is 3.13. The van der Waals surface area contributed by atoms with Crippen LogP contribution >= 0.6 is 0 Å². The number of nitrogens with one attached hydrogen (secondary N) is 1. The number of fused-ring (bicyclic) bond motifs is 2. The van der Waals surface area contributed by atoms with E-state index >= 15 is 0 Å². The summed E-state index contributed by atoms with van der Waals surface area (Å²) in [6.07, 6.45) is 1.87. The predicted octanol–water partition coefficient (Wildman–Crippen LogP) is 4.24. The topological polar surface area (TPSA) is 76.1 Å². The number of aryl methyl sites for hydroxylation is 1. The molecular weight excluding hydrogens is 445 g/mol. The average molecular weight is 470 g/mol. The quantitative estimate of drug-likeness (QED) is 0.598. The Morgan fingerprint density at radius 1 is 1.09 bits per heavy atom. The van der Waals surface area contributed by atoms with Gasteiger partial charge in [0.15, 0.2) is 0 Å². The first-order chi connectivity index (χ1) is 16.3. The van der Waals surface area contributed by atoms with E-state index in [2.05, 4.69) is 37.2 Å². The first-order valence-electron chi connectivity index (χ1n) is 11.3. The van der Waals surface area contributed by atoms with Crippen molar-refractivity contribution in [3.8, 4) is 5.88 Å². The van der Waals surface area contributed by atoms with Gasteiger partial charge in [0.05, 0.1) is 23.7 Å². The number of piperidine rings is 1. The van der Waals surface area contributed by atoms with Gasteiger partial charge in [-0.15, -0.1) is 0 Å². The van der Waals surface area contributed by atoms with E-state index in [0.717, 1.165) is 48.1 Å². The lowest BCUT2D eigenvalue weighted by Gasteiger charge is -2.28. The Morgan fingerprint density at radius 2 is 1.91 bits per heavy atom. The number of rotatable bonds is 5. The number of hydrogen-bond acceptors (Lipinski definition) is 7. The summed E-state index contributed by atoms with van der Waals surface area (Å²) in [5.74, 6) is 1.22. The maximum Gasteiger partial charge on any atom is 0.389 e. The molecule has 0 unspecified atom stereocenters. The zero-order valence-corrected chi connectivity index (χ0v) is 18.8. The zero-order valence-electron chi connectivity index (χ0n) is 18.8. The summed E-state index contributed by atoms with van der Waals surface area (Å²) in [6.45, 7) is 2.51. The van der Waals surface area contributed by atoms with E-state index in [-0.39, 0.29) is 18.3 Å². The minimum atomic E-state index is -4.24. The number of alkyl halides is 3. The summed E-state index contributed by atoms with van der Waals surface area (Å²) in [6, 6.07) is 5.80. The third-order valence-corrected chi connectivity index (χ3v) is 6.12. The number of hydrogen-bond donors (Lipinski definition) is 1. The molecule has 3 aromatic rings. The van der Waals surface area contributed by atoms with Crippen LogP contribution in [0.1, 0.15) is 36.2 Å². The SMILES string of the molecule is CN1CCC(Oc2cnc3ccc(C4=CCNc5nc(CCC(F)(F)F)ncc54)cc3n2)CC1. The molecule has 10 heteroatoms. The van der Waals surface area contributed by atoms with E-state index in [1.54, 1.807) is 12.4 Å². The van der Waals surface area contributed by atoms with Crippen molar-refractivity contribution in [2.75, 3.05) is 32.0 Å². The second kappa shape index (κ2) is 9.17. The average Bonchev–Trinajstić information content (AvgIpc) is 2.83. The summed E-state index contributed by atoms with van der Waals surface area (Å²) in [7, 11) is 2.11. The molecule has 178 valence electrons. The monoisotopic (exact) mass is 470 g/mol. The van der Waals surface area contributed by atoms with Crippen LogP contribution in [0.4, 0.5) is 19.0 Å². The first kappa shape index (κ1) is 22.5. The third kappa shape index (κ3) is 5.11. The van der Waals surface area contributed by atoms with Crippen molar-refractivity contribution in [3.05, 3.63) is 53.6 Å². The summed E-state index contributed by atoms with van der Waals surface area (Å²) in [5.41, 5.74) is 4.03. The Hall–Kier alpha value is -3.27. The van der Waals surface area contributed by atoms with Crippen molar-refractivity contribution in [1.82, 2.24) is 24.8 Å². The van der Waals surface area contributed by atoms with Gasteiger partial charge in [0, 0.05) is 37.8 Å². The number of anilines is 1. The van der Waals surface area contributed by atoms with Gasteiger partial charge in [-0.2, -0.15) is 13.2 Å². The Kier molecular flexibility index (Phi) is 6.07. The molecule has 2 aliphatic rings. The van der Waals surface area contributed by atoms with E-state index in [4.69, 9.17) is 4.74 Å². The minimum Gasteiger partial charge on any atom is -0.473 e. The van der Waals surface area contributed by atoms with Crippen molar-refractivity contribution < 1.29 is 17.9 Å². The molecule has 1 aromatic carbocycles. The van der Waals surface area contributed by atoms with Crippen LogP contribution in [0, 0.1) is 0 Å². The Bertz CT molecular complexity index is 1220. The molecule has 0 saturated carbocycles. The highest BCUT2D eigenvalue weighted by Gasteiger charge is 2.27. The van der Waals surface area contributed by atoms with Gasteiger partial charge in [-0.05, 0) is 43.2 Å². The molecule has 2 aromatic heterocycles. The lowest BCUT2D eigenvalue weighted by molar-refractivity contribution is -0.134. The Balaban J connectivity index is 1.38. The van der Waals surface area contributed by atoms with E-state index < -0.39 is 12.6 Å². The van der Waals surface area contributed by atoms with Gasteiger partial charge in [0.2, 0.25) is 5.88 Å². The predicted molar refractivity (Wildman–Crippen MR) is 123 cm³/mol. The number of nitrogens with zero attached hydrogens (tertiary/aromatic N) is 5. The molecule has 5 rings (SSSR count). The maximum absolute atomic E-state index is 12.6. The molecule has 4 heterocycles. The Labute approximate surface area is 195 Å². The number of likely N-dealkylation sites (tertiary alicyclic amines) is 1. The lowest BCUT2D eigenvalue weighted by atomic mass is 9.96. The fraction of sp³-hybridized carbons (Fsp3) is 0.417. The first-order valence-corrected chi connectivity index (χ1v) is 11.3. The molecule has 34 heavy (non-hydrogen) atoms. The highest BCUT2D eigenvalue weighted by atomic mass is 19.4. The fourth-order valence-corrected chi connectivity index (χ4v) is 4.25. The molecular formula is C24H25F3N6O. The van der Waals surface area contributed by atoms with Crippen LogP contribution in [0.15, 0.2) is 36.7 Å². The second-order valence-electron chi connectivity index (χ2n) is 8.69. The van der Waals surface area contributed by atoms with Gasteiger partial charge < -0.3 is 15.0 Å². The lowest BCUT2D eigenvalue weighted by Crippen LogP contribution is -2.35. The van der Waals surface area contributed by atoms with Gasteiger partial charge in [0.25, 0.3) is 0 Å². The Morgan fingerprint density at radius 3 is 2.71 bits per heavy atom. The molecule has 0 bridgehead atoms. The molecule has 0 aliphatic carbocycles. The molecule has 0 amide bonds. The van der Waals surface area contributed by atoms with E-state index in [0.29, 0.717) is 23.8 Å². The number of aromatic nitrogens is 4. The van der Waals surface area contributed by atoms with Crippen LogP contribution < -0.4 is 10.1 Å². The standard InChI is InChI=1S/C24H25F3N6O/c1-33-10-6-16(7-11-33)34-22-14-29-19-3-2-15(12-20(19)31-22)17-5-9-28-23-18(17)13-30-21(32-23)4-8-24(25,26)27/h2-3,5,12-14,16H,4,6-11H2,1H3,(H,28,30,32). The molecule has 7 nitrogen and oxygen atoms in total. The summed E-state index contributed by atoms with van der Waals surface area (Å²) < 4.78 is 43.8. The van der Waals surface area contributed by atoms with E-state index in [1.165, 1.54) is 0 Å². The normalized spacial score (nSPS) is 17.2. The van der Waals surface area contributed by atoms with Gasteiger partial charge in [-0.1, -0.05) is 12.1 Å². The highest BCUT2D eigenvalue weighted by Crippen LogP contribution is 2.32. The minimum absolute atomic E-state index is 0.133. The van der Waals surface area contributed by atoms with Crippen LogP contribution in [-0.4, -0.2) is 63.8 Å². The third-order valence-electron chi connectivity index (χ3n) is 6.12. The molecule has 0 atom stereocenters. The summed E-state index contributed by atoms with van der Waals surface area (Å²) in [4.78, 5) is 20.0. The molecule has 2 aliphatic heterocycles. The van der Waals surface area contributed by atoms with Crippen LogP contribution in [0.2, 0.25) is 0 Å². The molecule has 0 radical (unpaired) electrons. The smallest absolute Gasteiger partial charge is 0.389 e. The van der Waals surface area contributed by atoms with E-state index in [9.17, 15) is 13.2 Å². The van der Waals surface area contributed by atoms with Crippen molar-refractivity contribution in [3.63, 3.8) is 0 Å². The van der Waals surface area contributed by atoms with Crippen LogP contribution in [0.5, 0.6) is 5.88 Å². The number of ether oxygens (including phenoxy) is 1. The number of halogens is 3. The van der Waals surface area contributed by atoms with Crippen LogP contribution in [0.3, 0.4) is 0 Å². The van der Waals surface area contributed by atoms with E-state index in [1.807, 2.05) is 24.3 Å². The van der Waals surface area contributed by atoms with Crippen LogP contribution in [0.25, 0.3) is 16.6 Å². The van der Waals surface area contributed by atoms with Crippen molar-refractivity contribution in [1.29, 1.82) is 0 Å². The molecule has 1 fully saturated rings. The van der Waals surface area contributed by atoms with Crippen LogP contribution in [-0.2, 0) is 6.42 Å². The van der Waals surface area contributed by atoms with Gasteiger partial charge in [-0.25, -0.2) is 19.9 Å². The largest absolute Gasteiger partial charge is 0.473 e. The number of benzene rings is 1. The van der Waals surface area contributed by atoms with Gasteiger partial charge in [-0.3, -0.25) is 0 Å². The highest BCUT2D eigenvalue weighted by molar-refractivity contribution is 5.90. The molecule has 0 spiro atoms. The van der Waals surface area contributed by atoms with Gasteiger partial charge >= 0.3 is 6.18 Å². The zero-order chi connectivity index (χ0) is 23.7. The maximum atomic E-state index is 12.6. The van der Waals surface area contributed by atoms with Crippen molar-refractivity contribution in [2.24, 2.45) is 0 Å². The molecule has 1 N–H and O–H groups in total. The second-order valence-corrected chi connectivity index (χ2v) is 8.69.